The maximum Gasteiger partial charge on any atom is 0.271 e. The van der Waals surface area contributed by atoms with E-state index in [1.54, 1.807) is 0 Å². The van der Waals surface area contributed by atoms with E-state index >= 15 is 0 Å². The molecule has 1 aromatic heterocycles. The minimum absolute atomic E-state index is 0.133. The van der Waals surface area contributed by atoms with Gasteiger partial charge in [0.25, 0.3) is 11.5 Å². The first-order chi connectivity index (χ1) is 14.5. The molecule has 0 radical (unpaired) electrons. The topological polar surface area (TPSA) is 73.2 Å². The molecule has 0 bridgehead atoms. The summed E-state index contributed by atoms with van der Waals surface area (Å²) >= 11 is 0. The van der Waals surface area contributed by atoms with Crippen molar-refractivity contribution in [2.45, 2.75) is 39.3 Å². The van der Waals surface area contributed by atoms with Crippen molar-refractivity contribution >= 4 is 5.91 Å². The number of halogens is 1. The van der Waals surface area contributed by atoms with Gasteiger partial charge in [0, 0.05) is 18.7 Å². The van der Waals surface area contributed by atoms with E-state index in [2.05, 4.69) is 17.3 Å². The first kappa shape index (κ1) is 21.2. The number of aromatic nitrogens is 2. The average molecular weight is 409 g/mol. The molecule has 3 rings (SSSR count). The standard InChI is InChI=1S/C23H24FN3O3/c1-3-16-5-7-17(8-6-16)15-25-23(29)20(4-2)30-21-13-14-22(28)27(26-21)19-11-9-18(24)10-12-19/h5-14,20H,3-4,15H2,1-2H3,(H,25,29). The second kappa shape index (κ2) is 9.82. The Labute approximate surface area is 174 Å². The summed E-state index contributed by atoms with van der Waals surface area (Å²) in [4.78, 5) is 24.7. The molecule has 1 N–H and O–H groups in total. The van der Waals surface area contributed by atoms with Crippen LogP contribution in [-0.2, 0) is 17.8 Å². The summed E-state index contributed by atoms with van der Waals surface area (Å²) in [6.45, 7) is 4.31. The molecule has 156 valence electrons. The summed E-state index contributed by atoms with van der Waals surface area (Å²) in [5, 5.41) is 7.03. The second-order valence-corrected chi connectivity index (χ2v) is 6.80. The molecule has 0 saturated carbocycles. The van der Waals surface area contributed by atoms with E-state index < -0.39 is 11.9 Å². The number of carbonyl (C=O) groups is 1. The third kappa shape index (κ3) is 5.31. The van der Waals surface area contributed by atoms with Crippen LogP contribution in [0.25, 0.3) is 5.69 Å². The Morgan fingerprint density at radius 1 is 1.03 bits per heavy atom. The number of rotatable bonds is 8. The fraction of sp³-hybridized carbons (Fsp3) is 0.261. The second-order valence-electron chi connectivity index (χ2n) is 6.80. The summed E-state index contributed by atoms with van der Waals surface area (Å²) in [6.07, 6.45) is 0.634. The van der Waals surface area contributed by atoms with E-state index in [4.69, 9.17) is 4.74 Å². The summed E-state index contributed by atoms with van der Waals surface area (Å²) in [6, 6.07) is 16.1. The lowest BCUT2D eigenvalue weighted by atomic mass is 10.1. The van der Waals surface area contributed by atoms with Crippen LogP contribution in [0.2, 0.25) is 0 Å². The fourth-order valence-electron chi connectivity index (χ4n) is 2.89. The van der Waals surface area contributed by atoms with Gasteiger partial charge < -0.3 is 10.1 Å². The van der Waals surface area contributed by atoms with Crippen LogP contribution in [0.3, 0.4) is 0 Å². The van der Waals surface area contributed by atoms with Gasteiger partial charge in [-0.25, -0.2) is 4.39 Å². The highest BCUT2D eigenvalue weighted by atomic mass is 19.1. The minimum Gasteiger partial charge on any atom is -0.463 e. The summed E-state index contributed by atoms with van der Waals surface area (Å²) in [5.41, 5.74) is 2.25. The first-order valence-corrected chi connectivity index (χ1v) is 9.88. The molecule has 0 spiro atoms. The van der Waals surface area contributed by atoms with Crippen LogP contribution in [-0.4, -0.2) is 21.8 Å². The van der Waals surface area contributed by atoms with Crippen molar-refractivity contribution in [3.8, 4) is 11.6 Å². The van der Waals surface area contributed by atoms with E-state index in [0.717, 1.165) is 16.7 Å². The largest absolute Gasteiger partial charge is 0.463 e. The molecular formula is C23H24FN3O3. The van der Waals surface area contributed by atoms with Gasteiger partial charge in [-0.2, -0.15) is 4.68 Å². The van der Waals surface area contributed by atoms with E-state index in [1.807, 2.05) is 31.2 Å². The van der Waals surface area contributed by atoms with E-state index in [-0.39, 0.29) is 17.3 Å². The Kier molecular flexibility index (Phi) is 6.95. The monoisotopic (exact) mass is 409 g/mol. The number of aryl methyl sites for hydroxylation is 1. The lowest BCUT2D eigenvalue weighted by Crippen LogP contribution is -2.38. The molecule has 7 heteroatoms. The van der Waals surface area contributed by atoms with Gasteiger partial charge >= 0.3 is 0 Å². The lowest BCUT2D eigenvalue weighted by molar-refractivity contribution is -0.128. The van der Waals surface area contributed by atoms with Crippen molar-refractivity contribution in [1.29, 1.82) is 0 Å². The van der Waals surface area contributed by atoms with Crippen molar-refractivity contribution in [2.75, 3.05) is 0 Å². The Balaban J connectivity index is 1.68. The molecular weight excluding hydrogens is 385 g/mol. The van der Waals surface area contributed by atoms with E-state index in [1.165, 1.54) is 42.0 Å². The van der Waals surface area contributed by atoms with Gasteiger partial charge in [-0.05, 0) is 48.2 Å². The highest BCUT2D eigenvalue weighted by molar-refractivity contribution is 5.81. The zero-order valence-corrected chi connectivity index (χ0v) is 17.0. The minimum atomic E-state index is -0.758. The molecule has 0 aliphatic carbocycles. The third-order valence-electron chi connectivity index (χ3n) is 4.67. The molecule has 0 fully saturated rings. The quantitative estimate of drug-likeness (QED) is 0.619. The van der Waals surface area contributed by atoms with Gasteiger partial charge in [0.15, 0.2) is 6.10 Å². The zero-order chi connectivity index (χ0) is 21.5. The lowest BCUT2D eigenvalue weighted by Gasteiger charge is -2.17. The average Bonchev–Trinajstić information content (AvgIpc) is 2.78. The van der Waals surface area contributed by atoms with Crippen LogP contribution < -0.4 is 15.6 Å². The molecule has 30 heavy (non-hydrogen) atoms. The highest BCUT2D eigenvalue weighted by Gasteiger charge is 2.19. The maximum absolute atomic E-state index is 13.1. The zero-order valence-electron chi connectivity index (χ0n) is 17.0. The van der Waals surface area contributed by atoms with Crippen LogP contribution in [0.5, 0.6) is 5.88 Å². The number of nitrogens with one attached hydrogen (secondary N) is 1. The number of nitrogens with zero attached hydrogens (tertiary/aromatic N) is 2. The van der Waals surface area contributed by atoms with E-state index in [0.29, 0.717) is 18.7 Å². The molecule has 0 aliphatic rings. The van der Waals surface area contributed by atoms with Crippen LogP contribution in [0.1, 0.15) is 31.4 Å². The molecule has 1 atom stereocenters. The van der Waals surface area contributed by atoms with Crippen molar-refractivity contribution in [1.82, 2.24) is 15.1 Å². The van der Waals surface area contributed by atoms with Crippen LogP contribution >= 0.6 is 0 Å². The molecule has 0 aliphatic heterocycles. The number of ether oxygens (including phenoxy) is 1. The molecule has 0 saturated heterocycles. The Bertz CT molecular complexity index is 1050. The van der Waals surface area contributed by atoms with Crippen molar-refractivity contribution in [3.05, 3.63) is 88.0 Å². The predicted molar refractivity (Wildman–Crippen MR) is 112 cm³/mol. The molecule has 1 heterocycles. The van der Waals surface area contributed by atoms with E-state index in [9.17, 15) is 14.0 Å². The predicted octanol–water partition coefficient (Wildman–Crippen LogP) is 3.41. The summed E-state index contributed by atoms with van der Waals surface area (Å²) < 4.78 is 20.0. The number of hydrogen-bond donors (Lipinski definition) is 1. The van der Waals surface area contributed by atoms with Gasteiger partial charge in [0.1, 0.15) is 5.82 Å². The van der Waals surface area contributed by atoms with Crippen molar-refractivity contribution in [3.63, 3.8) is 0 Å². The number of carbonyl (C=O) groups excluding carboxylic acids is 1. The summed E-state index contributed by atoms with van der Waals surface area (Å²) in [7, 11) is 0. The van der Waals surface area contributed by atoms with Gasteiger partial charge in [0.05, 0.1) is 5.69 Å². The summed E-state index contributed by atoms with van der Waals surface area (Å²) in [5.74, 6) is -0.544. The number of amides is 1. The Morgan fingerprint density at radius 3 is 2.33 bits per heavy atom. The van der Waals surface area contributed by atoms with Crippen molar-refractivity contribution in [2.24, 2.45) is 0 Å². The molecule has 1 unspecified atom stereocenters. The Morgan fingerprint density at radius 2 is 1.70 bits per heavy atom. The van der Waals surface area contributed by atoms with Gasteiger partial charge in [-0.3, -0.25) is 9.59 Å². The van der Waals surface area contributed by atoms with Crippen LogP contribution in [0, 0.1) is 5.82 Å². The van der Waals surface area contributed by atoms with Gasteiger partial charge in [-0.15, -0.1) is 5.10 Å². The smallest absolute Gasteiger partial charge is 0.271 e. The van der Waals surface area contributed by atoms with Gasteiger partial charge in [-0.1, -0.05) is 38.1 Å². The first-order valence-electron chi connectivity index (χ1n) is 9.88. The van der Waals surface area contributed by atoms with Crippen LogP contribution in [0.4, 0.5) is 4.39 Å². The maximum atomic E-state index is 13.1. The fourth-order valence-corrected chi connectivity index (χ4v) is 2.89. The number of hydrogen-bond acceptors (Lipinski definition) is 4. The molecule has 1 amide bonds. The molecule has 3 aromatic rings. The third-order valence-corrected chi connectivity index (χ3v) is 4.67. The number of benzene rings is 2. The normalized spacial score (nSPS) is 11.7. The highest BCUT2D eigenvalue weighted by Crippen LogP contribution is 2.12. The SMILES string of the molecule is CCc1ccc(CNC(=O)C(CC)Oc2ccc(=O)n(-c3ccc(F)cc3)n2)cc1. The molecule has 6 nitrogen and oxygen atoms in total. The Hall–Kier alpha value is -3.48. The van der Waals surface area contributed by atoms with Crippen LogP contribution in [0.15, 0.2) is 65.5 Å². The molecule has 2 aromatic carbocycles. The van der Waals surface area contributed by atoms with Gasteiger partial charge in [0.2, 0.25) is 5.88 Å². The van der Waals surface area contributed by atoms with Crippen molar-refractivity contribution < 1.29 is 13.9 Å².